The molecule has 2 nitrogen and oxygen atoms in total. The molecule has 2 aromatic rings. The van der Waals surface area contributed by atoms with E-state index < -0.39 is 23.5 Å². The number of nitrogens with one attached hydrogen (secondary N) is 1. The normalized spacial score (nSPS) is 12.4. The lowest BCUT2D eigenvalue weighted by molar-refractivity contribution is 0.487. The van der Waals surface area contributed by atoms with Gasteiger partial charge in [-0.1, -0.05) is 13.0 Å². The Morgan fingerprint density at radius 2 is 1.80 bits per heavy atom. The van der Waals surface area contributed by atoms with Gasteiger partial charge in [0.05, 0.1) is 12.2 Å². The minimum atomic E-state index is -0.876. The summed E-state index contributed by atoms with van der Waals surface area (Å²) in [6.45, 7) is 2.44. The van der Waals surface area contributed by atoms with Crippen molar-refractivity contribution in [3.05, 3.63) is 65.2 Å². The third kappa shape index (κ3) is 2.99. The molecule has 1 aromatic heterocycles. The molecular weight excluding hydrogens is 265 g/mol. The Kier molecular flexibility index (Phi) is 4.74. The van der Waals surface area contributed by atoms with Crippen molar-refractivity contribution in [3.8, 4) is 0 Å². The molecule has 0 aliphatic heterocycles. The van der Waals surface area contributed by atoms with E-state index in [1.54, 1.807) is 0 Å². The van der Waals surface area contributed by atoms with Gasteiger partial charge >= 0.3 is 0 Å². The first-order chi connectivity index (χ1) is 9.65. The quantitative estimate of drug-likeness (QED) is 0.905. The largest absolute Gasteiger partial charge is 0.306 e. The van der Waals surface area contributed by atoms with Crippen LogP contribution in [0.25, 0.3) is 0 Å². The minimum Gasteiger partial charge on any atom is -0.306 e. The molecule has 0 aliphatic carbocycles. The number of nitrogens with zero attached hydrogens (tertiary/aromatic N) is 1. The van der Waals surface area contributed by atoms with Crippen LogP contribution in [0.4, 0.5) is 13.2 Å². The molecule has 0 saturated heterocycles. The lowest BCUT2D eigenvalue weighted by Crippen LogP contribution is -2.26. The van der Waals surface area contributed by atoms with Crippen LogP contribution in [0.1, 0.15) is 30.5 Å². The molecule has 0 bridgehead atoms. The number of aromatic nitrogens is 1. The second kappa shape index (κ2) is 6.52. The van der Waals surface area contributed by atoms with Gasteiger partial charge in [0.15, 0.2) is 0 Å². The molecule has 1 N–H and O–H groups in total. The van der Waals surface area contributed by atoms with Crippen LogP contribution >= 0.6 is 0 Å². The van der Waals surface area contributed by atoms with Crippen molar-refractivity contribution in [2.75, 3.05) is 6.54 Å². The lowest BCUT2D eigenvalue weighted by atomic mass is 9.98. The number of hydrogen-bond donors (Lipinski definition) is 1. The highest BCUT2D eigenvalue weighted by Crippen LogP contribution is 2.28. The van der Waals surface area contributed by atoms with Crippen LogP contribution in [0.2, 0.25) is 0 Å². The van der Waals surface area contributed by atoms with Gasteiger partial charge in [-0.25, -0.2) is 13.2 Å². The van der Waals surface area contributed by atoms with E-state index >= 15 is 0 Å². The molecular formula is C15H15F3N2. The Labute approximate surface area is 115 Å². The van der Waals surface area contributed by atoms with Crippen molar-refractivity contribution in [3.63, 3.8) is 0 Å². The van der Waals surface area contributed by atoms with E-state index in [2.05, 4.69) is 10.3 Å². The fraction of sp³-hybridized carbons (Fsp3) is 0.267. The zero-order valence-electron chi connectivity index (χ0n) is 11.0. The second-order valence-electron chi connectivity index (χ2n) is 4.42. The molecule has 20 heavy (non-hydrogen) atoms. The number of halogens is 3. The third-order valence-electron chi connectivity index (χ3n) is 3.00. The van der Waals surface area contributed by atoms with Crippen LogP contribution in [-0.4, -0.2) is 11.5 Å². The van der Waals surface area contributed by atoms with E-state index in [-0.39, 0.29) is 11.1 Å². The predicted octanol–water partition coefficient (Wildman–Crippen LogP) is 3.59. The maximum absolute atomic E-state index is 13.9. The van der Waals surface area contributed by atoms with Crippen molar-refractivity contribution in [2.24, 2.45) is 0 Å². The van der Waals surface area contributed by atoms with E-state index in [0.29, 0.717) is 6.54 Å². The van der Waals surface area contributed by atoms with Crippen molar-refractivity contribution >= 4 is 0 Å². The lowest BCUT2D eigenvalue weighted by Gasteiger charge is -2.21. The van der Waals surface area contributed by atoms with Gasteiger partial charge in [-0.2, -0.15) is 0 Å². The Balaban J connectivity index is 2.50. The number of rotatable bonds is 5. The average Bonchev–Trinajstić information content (AvgIpc) is 2.43. The molecule has 0 saturated carbocycles. The number of benzene rings is 1. The Bertz CT molecular complexity index is 567. The first kappa shape index (κ1) is 14.5. The summed E-state index contributed by atoms with van der Waals surface area (Å²) in [4.78, 5) is 3.66. The van der Waals surface area contributed by atoms with Crippen LogP contribution in [0.3, 0.4) is 0 Å². The SMILES string of the molecule is CCCNC(c1ccncc1F)c1c(F)cccc1F. The molecule has 5 heteroatoms. The van der Waals surface area contributed by atoms with Gasteiger partial charge in [0.2, 0.25) is 0 Å². The summed E-state index contributed by atoms with van der Waals surface area (Å²) in [5, 5.41) is 2.98. The average molecular weight is 280 g/mol. The molecule has 106 valence electrons. The fourth-order valence-electron chi connectivity index (χ4n) is 2.06. The van der Waals surface area contributed by atoms with Crippen molar-refractivity contribution in [2.45, 2.75) is 19.4 Å². The topological polar surface area (TPSA) is 24.9 Å². The van der Waals surface area contributed by atoms with Crippen LogP contribution in [0.15, 0.2) is 36.7 Å². The maximum Gasteiger partial charge on any atom is 0.146 e. The van der Waals surface area contributed by atoms with Crippen molar-refractivity contribution < 1.29 is 13.2 Å². The van der Waals surface area contributed by atoms with Gasteiger partial charge in [-0.15, -0.1) is 0 Å². The molecule has 1 unspecified atom stereocenters. The summed E-state index contributed by atoms with van der Waals surface area (Å²) in [6, 6.07) is 4.16. The second-order valence-corrected chi connectivity index (χ2v) is 4.42. The van der Waals surface area contributed by atoms with Crippen LogP contribution in [0.5, 0.6) is 0 Å². The summed E-state index contributed by atoms with van der Waals surface area (Å²) in [7, 11) is 0. The molecule has 1 atom stereocenters. The van der Waals surface area contributed by atoms with E-state index in [1.165, 1.54) is 18.3 Å². The van der Waals surface area contributed by atoms with Crippen LogP contribution in [-0.2, 0) is 0 Å². The Morgan fingerprint density at radius 3 is 2.40 bits per heavy atom. The summed E-state index contributed by atoms with van der Waals surface area (Å²) in [5.41, 5.74) is 0.00324. The van der Waals surface area contributed by atoms with E-state index in [0.717, 1.165) is 24.8 Å². The summed E-state index contributed by atoms with van der Waals surface area (Å²) < 4.78 is 41.7. The van der Waals surface area contributed by atoms with Crippen molar-refractivity contribution in [1.29, 1.82) is 0 Å². The summed E-state index contributed by atoms with van der Waals surface area (Å²) in [5.74, 6) is -1.99. The Morgan fingerprint density at radius 1 is 1.10 bits per heavy atom. The standard InChI is InChI=1S/C15H15F3N2/c1-2-7-20-15(10-6-8-19-9-13(10)18)14-11(16)4-3-5-12(14)17/h3-6,8-9,15,20H,2,7H2,1H3. The van der Waals surface area contributed by atoms with E-state index in [1.807, 2.05) is 6.92 Å². The maximum atomic E-state index is 13.9. The first-order valence-corrected chi connectivity index (χ1v) is 6.41. The monoisotopic (exact) mass is 280 g/mol. The van der Waals surface area contributed by atoms with Crippen LogP contribution < -0.4 is 5.32 Å². The van der Waals surface area contributed by atoms with Gasteiger partial charge in [0, 0.05) is 17.3 Å². The zero-order valence-corrected chi connectivity index (χ0v) is 11.0. The van der Waals surface area contributed by atoms with Crippen molar-refractivity contribution in [1.82, 2.24) is 10.3 Å². The number of hydrogen-bond acceptors (Lipinski definition) is 2. The van der Waals surface area contributed by atoms with E-state index in [4.69, 9.17) is 0 Å². The van der Waals surface area contributed by atoms with Crippen LogP contribution in [0, 0.1) is 17.5 Å². The van der Waals surface area contributed by atoms with Gasteiger partial charge in [-0.05, 0) is 31.2 Å². The highest BCUT2D eigenvalue weighted by atomic mass is 19.1. The molecule has 0 amide bonds. The molecule has 0 spiro atoms. The highest BCUT2D eigenvalue weighted by Gasteiger charge is 2.23. The summed E-state index contributed by atoms with van der Waals surface area (Å²) >= 11 is 0. The zero-order chi connectivity index (χ0) is 14.5. The molecule has 1 heterocycles. The number of pyridine rings is 1. The van der Waals surface area contributed by atoms with Gasteiger partial charge < -0.3 is 5.32 Å². The molecule has 1 aromatic carbocycles. The highest BCUT2D eigenvalue weighted by molar-refractivity contribution is 5.33. The first-order valence-electron chi connectivity index (χ1n) is 6.41. The Hall–Kier alpha value is -1.88. The minimum absolute atomic E-state index is 0.175. The molecule has 0 radical (unpaired) electrons. The molecule has 2 rings (SSSR count). The summed E-state index contributed by atoms with van der Waals surface area (Å²) in [6.07, 6.45) is 3.20. The fourth-order valence-corrected chi connectivity index (χ4v) is 2.06. The van der Waals surface area contributed by atoms with Gasteiger partial charge in [0.1, 0.15) is 17.5 Å². The van der Waals surface area contributed by atoms with Gasteiger partial charge in [0.25, 0.3) is 0 Å². The third-order valence-corrected chi connectivity index (χ3v) is 3.00. The smallest absolute Gasteiger partial charge is 0.146 e. The molecule has 0 aliphatic rings. The predicted molar refractivity (Wildman–Crippen MR) is 70.7 cm³/mol. The van der Waals surface area contributed by atoms with Gasteiger partial charge in [-0.3, -0.25) is 4.98 Å². The van der Waals surface area contributed by atoms with E-state index in [9.17, 15) is 13.2 Å². The molecule has 0 fully saturated rings.